The maximum Gasteiger partial charge on any atom is 0.0473 e. The lowest BCUT2D eigenvalue weighted by molar-refractivity contribution is 1.27. The Morgan fingerprint density at radius 2 is 0.712 bits per heavy atom. The van der Waals surface area contributed by atoms with Crippen LogP contribution in [0.15, 0.2) is 182 Å². The van der Waals surface area contributed by atoms with Gasteiger partial charge in [0.25, 0.3) is 0 Å². The number of aryl methyl sites for hydroxylation is 1. The molecule has 0 amide bonds. The second-order valence-corrected chi connectivity index (χ2v) is 14.1. The normalized spacial score (nSPS) is 11.9. The quantitative estimate of drug-likeness (QED) is 0.178. The molecule has 0 radical (unpaired) electrons. The van der Waals surface area contributed by atoms with Gasteiger partial charge < -0.3 is 4.90 Å². The summed E-state index contributed by atoms with van der Waals surface area (Å²) in [5, 5.41) is 5.25. The minimum Gasteiger partial charge on any atom is -0.310 e. The van der Waals surface area contributed by atoms with Gasteiger partial charge >= 0.3 is 0 Å². The van der Waals surface area contributed by atoms with Crippen LogP contribution < -0.4 is 4.90 Å². The van der Waals surface area contributed by atoms with Gasteiger partial charge in [-0.1, -0.05) is 140 Å². The highest BCUT2D eigenvalue weighted by Crippen LogP contribution is 2.52. The lowest BCUT2D eigenvalue weighted by Crippen LogP contribution is -2.10. The fraction of sp³-hybridized carbons (Fsp3) is 0.0196. The van der Waals surface area contributed by atoms with E-state index in [1.54, 1.807) is 0 Å². The molecular formula is C51H33N. The van der Waals surface area contributed by atoms with Crippen molar-refractivity contribution < 1.29 is 0 Å². The zero-order chi connectivity index (χ0) is 34.3. The number of fused-ring (bicyclic) bond motifs is 6. The molecular weight excluding hydrogens is 627 g/mol. The molecule has 9 aromatic rings. The first-order chi connectivity index (χ1) is 25.7. The fourth-order valence-corrected chi connectivity index (χ4v) is 8.96. The lowest BCUT2D eigenvalue weighted by Gasteiger charge is -2.27. The molecule has 11 rings (SSSR count). The van der Waals surface area contributed by atoms with Crippen LogP contribution >= 0.6 is 0 Å². The summed E-state index contributed by atoms with van der Waals surface area (Å²) in [5.41, 5.74) is 20.1. The van der Waals surface area contributed by atoms with Crippen molar-refractivity contribution in [1.82, 2.24) is 0 Å². The molecule has 2 aliphatic carbocycles. The smallest absolute Gasteiger partial charge is 0.0473 e. The third-order valence-electron chi connectivity index (χ3n) is 11.2. The van der Waals surface area contributed by atoms with Crippen LogP contribution in [0.5, 0.6) is 0 Å². The maximum absolute atomic E-state index is 2.42. The molecule has 1 heteroatoms. The Bertz CT molecular complexity index is 2700. The minimum atomic E-state index is 1.13. The second kappa shape index (κ2) is 11.2. The van der Waals surface area contributed by atoms with E-state index < -0.39 is 0 Å². The summed E-state index contributed by atoms with van der Waals surface area (Å²) in [6.45, 7) is 2.17. The van der Waals surface area contributed by atoms with E-state index in [9.17, 15) is 0 Å². The monoisotopic (exact) mass is 659 g/mol. The molecule has 0 spiro atoms. The first-order valence-electron chi connectivity index (χ1n) is 18.1. The van der Waals surface area contributed by atoms with E-state index in [0.717, 1.165) is 17.1 Å². The summed E-state index contributed by atoms with van der Waals surface area (Å²) in [5.74, 6) is 0. The van der Waals surface area contributed by atoms with Gasteiger partial charge in [0.05, 0.1) is 0 Å². The van der Waals surface area contributed by atoms with Gasteiger partial charge in [0.15, 0.2) is 0 Å². The van der Waals surface area contributed by atoms with Gasteiger partial charge in [0, 0.05) is 17.1 Å². The maximum atomic E-state index is 2.42. The van der Waals surface area contributed by atoms with Gasteiger partial charge in [-0.2, -0.15) is 0 Å². The van der Waals surface area contributed by atoms with Gasteiger partial charge in [-0.15, -0.1) is 0 Å². The molecule has 2 aliphatic rings. The molecule has 0 saturated heterocycles. The Balaban J connectivity index is 1.20. The van der Waals surface area contributed by atoms with E-state index in [1.165, 1.54) is 93.9 Å². The Morgan fingerprint density at radius 3 is 1.23 bits per heavy atom. The van der Waals surface area contributed by atoms with Gasteiger partial charge in [-0.05, 0) is 143 Å². The van der Waals surface area contributed by atoms with E-state index in [4.69, 9.17) is 0 Å². The summed E-state index contributed by atoms with van der Waals surface area (Å²) in [6.07, 6.45) is 0. The van der Waals surface area contributed by atoms with E-state index in [2.05, 4.69) is 194 Å². The van der Waals surface area contributed by atoms with E-state index in [1.807, 2.05) is 0 Å². The van der Waals surface area contributed by atoms with Crippen molar-refractivity contribution in [1.29, 1.82) is 0 Å². The van der Waals surface area contributed by atoms with Gasteiger partial charge in [-0.25, -0.2) is 0 Å². The lowest BCUT2D eigenvalue weighted by atomic mass is 9.89. The third-order valence-corrected chi connectivity index (χ3v) is 11.2. The van der Waals surface area contributed by atoms with Crippen LogP contribution in [0.1, 0.15) is 5.56 Å². The zero-order valence-electron chi connectivity index (χ0n) is 28.8. The van der Waals surface area contributed by atoms with E-state index in [-0.39, 0.29) is 0 Å². The number of benzene rings is 9. The van der Waals surface area contributed by atoms with Crippen LogP contribution in [0.3, 0.4) is 0 Å². The number of anilines is 3. The molecule has 0 aliphatic heterocycles. The molecule has 0 unspecified atom stereocenters. The highest BCUT2D eigenvalue weighted by atomic mass is 15.1. The molecule has 1 nitrogen and oxygen atoms in total. The standard InChI is InChI=1S/C51H33N/c1-32-12-9-15-36(28-32)52(35-13-3-2-4-14-35)37-30-33(38-24-26-48-42-18-7-5-16-40(42)46-22-10-20-44(38)50(46)48)29-34(31-37)39-25-27-49-43-19-8-6-17-41(43)47-23-11-21-45(39)51(47)49/h2-31H,1H3. The summed E-state index contributed by atoms with van der Waals surface area (Å²) in [7, 11) is 0. The Hall–Kier alpha value is -6.70. The van der Waals surface area contributed by atoms with Crippen LogP contribution in [0, 0.1) is 6.92 Å². The van der Waals surface area contributed by atoms with Crippen molar-refractivity contribution in [3.63, 3.8) is 0 Å². The van der Waals surface area contributed by atoms with Gasteiger partial charge in [0.1, 0.15) is 0 Å². The average molecular weight is 660 g/mol. The van der Waals surface area contributed by atoms with E-state index in [0.29, 0.717) is 0 Å². The summed E-state index contributed by atoms with van der Waals surface area (Å²) >= 11 is 0. The van der Waals surface area contributed by atoms with Crippen LogP contribution in [-0.4, -0.2) is 0 Å². The Labute approximate surface area is 303 Å². The van der Waals surface area contributed by atoms with Crippen LogP contribution in [0.25, 0.3) is 88.3 Å². The molecule has 0 aromatic heterocycles. The molecule has 0 N–H and O–H groups in total. The largest absolute Gasteiger partial charge is 0.310 e. The van der Waals surface area contributed by atoms with Crippen LogP contribution in [-0.2, 0) is 0 Å². The second-order valence-electron chi connectivity index (χ2n) is 14.1. The Morgan fingerprint density at radius 1 is 0.288 bits per heavy atom. The number of rotatable bonds is 5. The van der Waals surface area contributed by atoms with Crippen LogP contribution in [0.4, 0.5) is 17.1 Å². The van der Waals surface area contributed by atoms with Crippen molar-refractivity contribution in [2.24, 2.45) is 0 Å². The minimum absolute atomic E-state index is 1.13. The topological polar surface area (TPSA) is 3.24 Å². The highest BCUT2D eigenvalue weighted by Gasteiger charge is 2.25. The molecule has 0 heterocycles. The average Bonchev–Trinajstić information content (AvgIpc) is 3.70. The molecule has 0 saturated carbocycles. The van der Waals surface area contributed by atoms with Gasteiger partial charge in [-0.3, -0.25) is 0 Å². The fourth-order valence-electron chi connectivity index (χ4n) is 8.96. The summed E-state index contributed by atoms with van der Waals surface area (Å²) in [4.78, 5) is 2.41. The SMILES string of the molecule is Cc1cccc(N(c2ccccc2)c2cc(-c3ccc4c5c(cccc35)-c3ccccc3-4)cc(-c3ccc4c5c(cccc35)-c3ccccc3-4)c2)c1. The molecule has 0 atom stereocenters. The third kappa shape index (κ3) is 4.23. The Kier molecular flexibility index (Phi) is 6.23. The molecule has 0 bridgehead atoms. The number of para-hydroxylation sites is 1. The molecule has 242 valence electrons. The molecule has 0 fully saturated rings. The van der Waals surface area contributed by atoms with Crippen molar-refractivity contribution in [3.8, 4) is 66.8 Å². The number of hydrogen-bond donors (Lipinski definition) is 0. The highest BCUT2D eigenvalue weighted by molar-refractivity contribution is 6.20. The van der Waals surface area contributed by atoms with Gasteiger partial charge in [0.2, 0.25) is 0 Å². The summed E-state index contributed by atoms with van der Waals surface area (Å²) < 4.78 is 0. The molecule has 52 heavy (non-hydrogen) atoms. The van der Waals surface area contributed by atoms with Crippen molar-refractivity contribution in [2.45, 2.75) is 6.92 Å². The first kappa shape index (κ1) is 29.1. The van der Waals surface area contributed by atoms with Crippen molar-refractivity contribution in [2.75, 3.05) is 4.90 Å². The van der Waals surface area contributed by atoms with E-state index >= 15 is 0 Å². The first-order valence-corrected chi connectivity index (χ1v) is 18.1. The zero-order valence-corrected chi connectivity index (χ0v) is 28.8. The van der Waals surface area contributed by atoms with Crippen LogP contribution in [0.2, 0.25) is 0 Å². The van der Waals surface area contributed by atoms with Crippen molar-refractivity contribution >= 4 is 38.6 Å². The number of hydrogen-bond acceptors (Lipinski definition) is 1. The number of nitrogens with zero attached hydrogens (tertiary/aromatic N) is 1. The predicted molar refractivity (Wildman–Crippen MR) is 221 cm³/mol. The van der Waals surface area contributed by atoms with Crippen molar-refractivity contribution in [3.05, 3.63) is 188 Å². The predicted octanol–water partition coefficient (Wildman–Crippen LogP) is 14.4. The molecule has 9 aromatic carbocycles. The summed E-state index contributed by atoms with van der Waals surface area (Å²) in [6, 6.07) is 67.4.